The average molecular weight is 280 g/mol. The number of carbonyl (C=O) groups excluding carboxylic acids is 2. The van der Waals surface area contributed by atoms with Crippen LogP contribution in [0.5, 0.6) is 0 Å². The van der Waals surface area contributed by atoms with Crippen LogP contribution >= 0.6 is 0 Å². The predicted octanol–water partition coefficient (Wildman–Crippen LogP) is 2.39. The van der Waals surface area contributed by atoms with Gasteiger partial charge in [-0.3, -0.25) is 4.79 Å². The first-order chi connectivity index (χ1) is 9.84. The van der Waals surface area contributed by atoms with E-state index in [0.29, 0.717) is 11.1 Å². The fraction of sp³-hybridized carbons (Fsp3) is 0.167. The summed E-state index contributed by atoms with van der Waals surface area (Å²) in [4.78, 5) is 22.6. The molecule has 0 aliphatic carbocycles. The molecule has 0 bridgehead atoms. The molecule has 2 aromatic carbocycles. The Kier molecular flexibility index (Phi) is 3.85. The highest BCUT2D eigenvalue weighted by Gasteiger charge is 2.33. The van der Waals surface area contributed by atoms with Gasteiger partial charge >= 0.3 is 0 Å². The summed E-state index contributed by atoms with van der Waals surface area (Å²) < 4.78 is 0. The van der Waals surface area contributed by atoms with Gasteiger partial charge in [-0.1, -0.05) is 48.5 Å². The van der Waals surface area contributed by atoms with Gasteiger partial charge in [-0.05, 0) is 13.8 Å². The number of Topliss-reactive ketones (excluding diaryl/α,β-unsaturated/α-hetero) is 1. The monoisotopic (exact) mass is 280 g/mol. The Bertz CT molecular complexity index is 682. The molecule has 0 amide bonds. The highest BCUT2D eigenvalue weighted by atomic mass is 16.4. The molecule has 3 nitrogen and oxygen atoms in total. The van der Waals surface area contributed by atoms with Gasteiger partial charge in [-0.15, -0.1) is 0 Å². The van der Waals surface area contributed by atoms with Gasteiger partial charge in [0.2, 0.25) is 0 Å². The van der Waals surface area contributed by atoms with Crippen molar-refractivity contribution in [1.29, 1.82) is 0 Å². The number of carboxylic acids is 1. The topological polar surface area (TPSA) is 57.2 Å². The lowest BCUT2D eigenvalue weighted by atomic mass is 9.76. The second kappa shape index (κ2) is 5.44. The molecular formula is C18H16O3. The molecule has 0 spiro atoms. The van der Waals surface area contributed by atoms with Gasteiger partial charge in [0.25, 0.3) is 0 Å². The van der Waals surface area contributed by atoms with Gasteiger partial charge in [-0.2, -0.15) is 0 Å². The van der Waals surface area contributed by atoms with Gasteiger partial charge < -0.3 is 9.90 Å². The third kappa shape index (κ3) is 2.82. The maximum Gasteiger partial charge on any atom is 0.159 e. The number of ketones is 1. The summed E-state index contributed by atoms with van der Waals surface area (Å²) in [5.41, 5.74) is 1.42. The lowest BCUT2D eigenvalue weighted by molar-refractivity contribution is -0.255. The van der Waals surface area contributed by atoms with Crippen LogP contribution < -0.4 is 5.11 Å². The van der Waals surface area contributed by atoms with Crippen LogP contribution in [0.2, 0.25) is 0 Å². The first kappa shape index (κ1) is 14.9. The molecule has 3 heteroatoms. The Balaban J connectivity index is 2.51. The minimum atomic E-state index is -1.22. The van der Waals surface area contributed by atoms with Gasteiger partial charge in [0.15, 0.2) is 11.2 Å². The number of hydrogen-bond acceptors (Lipinski definition) is 3. The van der Waals surface area contributed by atoms with E-state index in [1.54, 1.807) is 42.5 Å². The lowest BCUT2D eigenvalue weighted by Gasteiger charge is -2.22. The van der Waals surface area contributed by atoms with Crippen molar-refractivity contribution in [2.45, 2.75) is 19.3 Å². The van der Waals surface area contributed by atoms with Crippen LogP contribution in [-0.2, 0) is 5.41 Å². The van der Waals surface area contributed by atoms with Crippen molar-refractivity contribution in [3.05, 3.63) is 77.7 Å². The normalized spacial score (nSPS) is 13.4. The lowest BCUT2D eigenvalue weighted by Crippen LogP contribution is -2.29. The summed E-state index contributed by atoms with van der Waals surface area (Å²) in [5.74, 6) is -1.23. The Morgan fingerprint density at radius 1 is 1.05 bits per heavy atom. The first-order valence-corrected chi connectivity index (χ1v) is 6.61. The molecule has 2 aromatic rings. The summed E-state index contributed by atoms with van der Waals surface area (Å²) in [6.45, 7) is 7.50. The Morgan fingerprint density at radius 3 is 2.14 bits per heavy atom. The minimum absolute atomic E-state index is 0.0116. The van der Waals surface area contributed by atoms with E-state index in [-0.39, 0.29) is 11.3 Å². The van der Waals surface area contributed by atoms with E-state index in [9.17, 15) is 14.7 Å². The van der Waals surface area contributed by atoms with E-state index in [0.717, 1.165) is 5.56 Å². The molecular weight excluding hydrogens is 264 g/mol. The largest absolute Gasteiger partial charge is 0.545 e. The quantitative estimate of drug-likeness (QED) is 0.638. The van der Waals surface area contributed by atoms with Crippen LogP contribution in [0.3, 0.4) is 0 Å². The summed E-state index contributed by atoms with van der Waals surface area (Å²) in [5, 5.41) is 11.3. The molecule has 0 radical (unpaired) electrons. The van der Waals surface area contributed by atoms with Crippen molar-refractivity contribution in [1.82, 2.24) is 0 Å². The third-order valence-corrected chi connectivity index (χ3v) is 3.67. The zero-order valence-corrected chi connectivity index (χ0v) is 12.1. The Labute approximate surface area is 124 Å². The maximum absolute atomic E-state index is 11.3. The summed E-state index contributed by atoms with van der Waals surface area (Å²) in [6.07, 6.45) is 0. The second-order valence-electron chi connectivity index (χ2n) is 5.30. The van der Waals surface area contributed by atoms with Crippen LogP contribution in [0.1, 0.15) is 45.7 Å². The van der Waals surface area contributed by atoms with Crippen LogP contribution in [0.25, 0.3) is 0 Å². The van der Waals surface area contributed by atoms with Crippen molar-refractivity contribution in [3.8, 4) is 0 Å². The molecule has 1 unspecified atom stereocenters. The summed E-state index contributed by atoms with van der Waals surface area (Å²) in [6, 6.07) is 13.7. The molecule has 0 fully saturated rings. The number of benzene rings is 2. The van der Waals surface area contributed by atoms with Crippen molar-refractivity contribution >= 4 is 11.8 Å². The van der Waals surface area contributed by atoms with E-state index in [1.165, 1.54) is 13.0 Å². The smallest absolute Gasteiger partial charge is 0.159 e. The molecule has 21 heavy (non-hydrogen) atoms. The van der Waals surface area contributed by atoms with Crippen molar-refractivity contribution < 1.29 is 14.7 Å². The molecule has 0 aliphatic heterocycles. The van der Waals surface area contributed by atoms with Crippen LogP contribution in [0.15, 0.2) is 48.5 Å². The third-order valence-electron chi connectivity index (χ3n) is 3.67. The fourth-order valence-corrected chi connectivity index (χ4v) is 2.37. The number of aromatic carboxylic acids is 1. The standard InChI is InChI=1S/C18H16O3/c1-12(19)13-8-10-14(11-9-13)18(2,3)16-7-5-4-6-15(16)17(20)21/h4-11H,2H2,1,3H3. The predicted molar refractivity (Wildman–Crippen MR) is 79.0 cm³/mol. The van der Waals surface area contributed by atoms with Gasteiger partial charge in [-0.25, -0.2) is 0 Å². The molecule has 0 aliphatic rings. The molecule has 0 saturated carbocycles. The molecule has 0 saturated heterocycles. The Morgan fingerprint density at radius 2 is 1.62 bits per heavy atom. The number of hydrogen-bond donors (Lipinski definition) is 0. The highest BCUT2D eigenvalue weighted by Crippen LogP contribution is 2.33. The van der Waals surface area contributed by atoms with Crippen LogP contribution in [0.4, 0.5) is 0 Å². The summed E-state index contributed by atoms with van der Waals surface area (Å²) >= 11 is 0. The van der Waals surface area contributed by atoms with Gasteiger partial charge in [0.05, 0.1) is 12.9 Å². The van der Waals surface area contributed by atoms with Gasteiger partial charge in [0.1, 0.15) is 0 Å². The van der Waals surface area contributed by atoms with Crippen molar-refractivity contribution in [2.24, 2.45) is 0 Å². The van der Waals surface area contributed by atoms with E-state index < -0.39 is 11.4 Å². The molecule has 0 N–H and O–H groups in total. The van der Waals surface area contributed by atoms with E-state index in [4.69, 9.17) is 0 Å². The van der Waals surface area contributed by atoms with E-state index in [1.807, 2.05) is 6.92 Å². The summed E-state index contributed by atoms with van der Waals surface area (Å²) in [7, 11) is 0. The fourth-order valence-electron chi connectivity index (χ4n) is 2.37. The second-order valence-corrected chi connectivity index (χ2v) is 5.30. The number of rotatable bonds is 4. The van der Waals surface area contributed by atoms with Crippen LogP contribution in [-0.4, -0.2) is 11.8 Å². The number of carboxylic acid groups (broad SMARTS) is 1. The molecule has 0 heterocycles. The van der Waals surface area contributed by atoms with Crippen LogP contribution in [0, 0.1) is 6.92 Å². The Hall–Kier alpha value is -2.55. The molecule has 106 valence electrons. The average Bonchev–Trinajstić information content (AvgIpc) is 2.47. The SMILES string of the molecule is [CH2+]C(C)(c1ccc(C(C)=O)cc1)c1ccccc1C(=O)[O-]. The number of carbonyl (C=O) groups is 2. The molecule has 2 rings (SSSR count). The molecule has 1 atom stereocenters. The minimum Gasteiger partial charge on any atom is -0.545 e. The van der Waals surface area contributed by atoms with E-state index >= 15 is 0 Å². The van der Waals surface area contributed by atoms with Crippen molar-refractivity contribution in [2.75, 3.05) is 0 Å². The molecule has 0 aromatic heterocycles. The van der Waals surface area contributed by atoms with E-state index in [2.05, 4.69) is 6.92 Å². The highest BCUT2D eigenvalue weighted by molar-refractivity contribution is 5.94. The first-order valence-electron chi connectivity index (χ1n) is 6.61. The zero-order chi connectivity index (χ0) is 15.6. The van der Waals surface area contributed by atoms with Crippen molar-refractivity contribution in [3.63, 3.8) is 0 Å². The maximum atomic E-state index is 11.3. The zero-order valence-electron chi connectivity index (χ0n) is 12.1. The van der Waals surface area contributed by atoms with Gasteiger partial charge in [0, 0.05) is 22.3 Å².